The van der Waals surface area contributed by atoms with Crippen LogP contribution in [0, 0.1) is 5.82 Å². The molecule has 44 heavy (non-hydrogen) atoms. The van der Waals surface area contributed by atoms with Gasteiger partial charge < -0.3 is 19.1 Å². The zero-order chi connectivity index (χ0) is 31.5. The van der Waals surface area contributed by atoms with Crippen LogP contribution in [0.3, 0.4) is 0 Å². The van der Waals surface area contributed by atoms with E-state index in [0.29, 0.717) is 11.1 Å². The molecule has 4 aromatic carbocycles. The molecule has 0 atom stereocenters. The lowest BCUT2D eigenvalue weighted by Crippen LogP contribution is -2.29. The van der Waals surface area contributed by atoms with E-state index in [1.54, 1.807) is 26.0 Å². The van der Waals surface area contributed by atoms with Crippen LogP contribution in [0.5, 0.6) is 5.75 Å². The fraction of sp³-hybridized carbons (Fsp3) is 0.229. The van der Waals surface area contributed by atoms with E-state index in [1.165, 1.54) is 12.1 Å². The molecule has 0 aliphatic carbocycles. The van der Waals surface area contributed by atoms with Crippen LogP contribution in [0.2, 0.25) is 0 Å². The lowest BCUT2D eigenvalue weighted by Gasteiger charge is -2.27. The van der Waals surface area contributed by atoms with Gasteiger partial charge in [0.2, 0.25) is 0 Å². The van der Waals surface area contributed by atoms with Gasteiger partial charge in [0.25, 0.3) is 0 Å². The summed E-state index contributed by atoms with van der Waals surface area (Å²) in [7, 11) is 0. The minimum Gasteiger partial charge on any atom is -0.488 e. The van der Waals surface area contributed by atoms with Crippen molar-refractivity contribution in [3.63, 3.8) is 0 Å². The SMILES string of the molecule is CC(C)(CO)c1c(-c2ccc(C(=O)OCc3ccccc3)cc2)c2c(OCc3ccccc3)cc(F)cc2n1CC(F)(F)F. The molecule has 5 rings (SSSR count). The summed E-state index contributed by atoms with van der Waals surface area (Å²) in [5.74, 6) is -1.27. The molecule has 0 aliphatic rings. The predicted molar refractivity (Wildman–Crippen MR) is 160 cm³/mol. The number of aromatic nitrogens is 1. The standard InChI is InChI=1S/C35H31F4NO4/c1-34(2,22-41)32-30(25-13-15-26(16-14-25)33(42)44-20-24-11-7-4-8-12-24)31-28(40(32)21-35(37,38)39)17-27(36)18-29(31)43-19-23-9-5-3-6-10-23/h3-18,41H,19-22H2,1-2H3. The van der Waals surface area contributed by atoms with E-state index in [1.807, 2.05) is 60.7 Å². The Morgan fingerprint density at radius 3 is 2.00 bits per heavy atom. The summed E-state index contributed by atoms with van der Waals surface area (Å²) in [5, 5.41) is 10.6. The van der Waals surface area contributed by atoms with Crippen molar-refractivity contribution in [2.75, 3.05) is 6.61 Å². The molecule has 0 saturated heterocycles. The highest BCUT2D eigenvalue weighted by molar-refractivity contribution is 6.03. The van der Waals surface area contributed by atoms with Crippen molar-refractivity contribution in [1.29, 1.82) is 0 Å². The number of carbonyl (C=O) groups excluding carboxylic acids is 1. The molecular formula is C35H31F4NO4. The first kappa shape index (κ1) is 30.8. The molecule has 0 spiro atoms. The first-order valence-electron chi connectivity index (χ1n) is 14.0. The monoisotopic (exact) mass is 605 g/mol. The van der Waals surface area contributed by atoms with Crippen LogP contribution in [0.4, 0.5) is 17.6 Å². The quantitative estimate of drug-likeness (QED) is 0.129. The van der Waals surface area contributed by atoms with Crippen LogP contribution in [0.1, 0.15) is 41.0 Å². The van der Waals surface area contributed by atoms with E-state index in [9.17, 15) is 23.1 Å². The number of hydrogen-bond acceptors (Lipinski definition) is 4. The van der Waals surface area contributed by atoms with Crippen molar-refractivity contribution in [2.45, 2.75) is 45.2 Å². The number of ether oxygens (including phenoxy) is 2. The van der Waals surface area contributed by atoms with Crippen molar-refractivity contribution in [2.24, 2.45) is 0 Å². The van der Waals surface area contributed by atoms with E-state index in [0.717, 1.165) is 27.8 Å². The predicted octanol–water partition coefficient (Wildman–Crippen LogP) is 8.22. The lowest BCUT2D eigenvalue weighted by atomic mass is 9.84. The maximum Gasteiger partial charge on any atom is 0.406 e. The van der Waals surface area contributed by atoms with Gasteiger partial charge in [0.05, 0.1) is 23.1 Å². The maximum absolute atomic E-state index is 15.0. The molecule has 1 N–H and O–H groups in total. The molecule has 0 unspecified atom stereocenters. The molecule has 0 amide bonds. The Bertz CT molecular complexity index is 1750. The molecule has 5 aromatic rings. The normalized spacial score (nSPS) is 12.0. The summed E-state index contributed by atoms with van der Waals surface area (Å²) in [6, 6.07) is 26.8. The number of rotatable bonds is 10. The Morgan fingerprint density at radius 1 is 0.841 bits per heavy atom. The van der Waals surface area contributed by atoms with Gasteiger partial charge in [-0.15, -0.1) is 0 Å². The van der Waals surface area contributed by atoms with Crippen LogP contribution < -0.4 is 4.74 Å². The van der Waals surface area contributed by atoms with Gasteiger partial charge >= 0.3 is 12.1 Å². The molecule has 9 heteroatoms. The van der Waals surface area contributed by atoms with E-state index in [2.05, 4.69) is 0 Å². The van der Waals surface area contributed by atoms with Crippen molar-refractivity contribution >= 4 is 16.9 Å². The topological polar surface area (TPSA) is 60.7 Å². The fourth-order valence-corrected chi connectivity index (χ4v) is 5.24. The number of aliphatic hydroxyl groups excluding tert-OH is 1. The molecule has 0 saturated carbocycles. The number of nitrogens with zero attached hydrogens (tertiary/aromatic N) is 1. The molecule has 0 fully saturated rings. The van der Waals surface area contributed by atoms with E-state index in [4.69, 9.17) is 9.47 Å². The molecule has 1 heterocycles. The van der Waals surface area contributed by atoms with Gasteiger partial charge in [0.15, 0.2) is 0 Å². The van der Waals surface area contributed by atoms with Crippen LogP contribution >= 0.6 is 0 Å². The summed E-state index contributed by atoms with van der Waals surface area (Å²) in [6.07, 6.45) is -4.65. The first-order chi connectivity index (χ1) is 21.0. The average molecular weight is 606 g/mol. The van der Waals surface area contributed by atoms with Crippen molar-refractivity contribution in [3.05, 3.63) is 125 Å². The third-order valence-electron chi connectivity index (χ3n) is 7.33. The Hall–Kier alpha value is -4.63. The summed E-state index contributed by atoms with van der Waals surface area (Å²) in [5.41, 5.74) is 1.61. The minimum absolute atomic E-state index is 0.0248. The second-order valence-electron chi connectivity index (χ2n) is 11.2. The second kappa shape index (κ2) is 12.5. The molecule has 228 valence electrons. The van der Waals surface area contributed by atoms with E-state index in [-0.39, 0.29) is 41.1 Å². The molecular weight excluding hydrogens is 574 g/mol. The zero-order valence-electron chi connectivity index (χ0n) is 24.2. The van der Waals surface area contributed by atoms with Crippen LogP contribution in [0.25, 0.3) is 22.0 Å². The van der Waals surface area contributed by atoms with Crippen LogP contribution in [-0.4, -0.2) is 28.4 Å². The molecule has 0 aliphatic heterocycles. The summed E-state index contributed by atoms with van der Waals surface area (Å²) >= 11 is 0. The average Bonchev–Trinajstić information content (AvgIpc) is 3.33. The second-order valence-corrected chi connectivity index (χ2v) is 11.2. The van der Waals surface area contributed by atoms with Gasteiger partial charge in [-0.05, 0) is 34.9 Å². The fourth-order valence-electron chi connectivity index (χ4n) is 5.24. The number of esters is 1. The van der Waals surface area contributed by atoms with E-state index < -0.39 is 36.5 Å². The number of hydrogen-bond donors (Lipinski definition) is 1. The Morgan fingerprint density at radius 2 is 1.43 bits per heavy atom. The number of aliphatic hydroxyl groups is 1. The van der Waals surface area contributed by atoms with Crippen LogP contribution in [-0.2, 0) is 29.9 Å². The van der Waals surface area contributed by atoms with Crippen molar-refractivity contribution < 1.29 is 36.9 Å². The smallest absolute Gasteiger partial charge is 0.406 e. The van der Waals surface area contributed by atoms with Gasteiger partial charge in [-0.2, -0.15) is 13.2 Å². The number of fused-ring (bicyclic) bond motifs is 1. The Kier molecular flexibility index (Phi) is 8.78. The van der Waals surface area contributed by atoms with Crippen molar-refractivity contribution in [1.82, 2.24) is 4.57 Å². The van der Waals surface area contributed by atoms with Crippen molar-refractivity contribution in [3.8, 4) is 16.9 Å². The number of alkyl halides is 3. The Balaban J connectivity index is 1.64. The maximum atomic E-state index is 15.0. The highest BCUT2D eigenvalue weighted by Gasteiger charge is 2.37. The highest BCUT2D eigenvalue weighted by atomic mass is 19.4. The molecule has 5 nitrogen and oxygen atoms in total. The summed E-state index contributed by atoms with van der Waals surface area (Å²) < 4.78 is 69.5. The van der Waals surface area contributed by atoms with Gasteiger partial charge in [0.1, 0.15) is 31.3 Å². The number of benzene rings is 4. The summed E-state index contributed by atoms with van der Waals surface area (Å²) in [6.45, 7) is 1.47. The molecule has 1 aromatic heterocycles. The van der Waals surface area contributed by atoms with E-state index >= 15 is 4.39 Å². The molecule has 0 bridgehead atoms. The van der Waals surface area contributed by atoms with Gasteiger partial charge in [-0.25, -0.2) is 9.18 Å². The third-order valence-corrected chi connectivity index (χ3v) is 7.33. The van der Waals surface area contributed by atoms with Gasteiger partial charge in [-0.1, -0.05) is 86.6 Å². The lowest BCUT2D eigenvalue weighted by molar-refractivity contribution is -0.140. The summed E-state index contributed by atoms with van der Waals surface area (Å²) in [4.78, 5) is 12.8. The first-order valence-corrected chi connectivity index (χ1v) is 14.0. The third kappa shape index (κ3) is 6.78. The number of halogens is 4. The largest absolute Gasteiger partial charge is 0.488 e. The van der Waals surface area contributed by atoms with Gasteiger partial charge in [-0.3, -0.25) is 0 Å². The molecule has 0 radical (unpaired) electrons. The number of carbonyl (C=O) groups is 1. The Labute approximate surface area is 252 Å². The van der Waals surface area contributed by atoms with Gasteiger partial charge in [0, 0.05) is 22.7 Å². The minimum atomic E-state index is -4.65. The highest BCUT2D eigenvalue weighted by Crippen LogP contribution is 2.46. The zero-order valence-corrected chi connectivity index (χ0v) is 24.2. The van der Waals surface area contributed by atoms with Crippen LogP contribution in [0.15, 0.2) is 97.1 Å².